The van der Waals surface area contributed by atoms with Crippen molar-refractivity contribution in [3.63, 3.8) is 0 Å². The molecule has 0 aliphatic rings. The third-order valence-corrected chi connectivity index (χ3v) is 2.87. The van der Waals surface area contributed by atoms with Gasteiger partial charge in [0.1, 0.15) is 11.6 Å². The fourth-order valence-electron chi connectivity index (χ4n) is 1.62. The van der Waals surface area contributed by atoms with E-state index in [1.165, 1.54) is 0 Å². The summed E-state index contributed by atoms with van der Waals surface area (Å²) in [6.45, 7) is 0.550. The first-order chi connectivity index (χ1) is 8.70. The fourth-order valence-corrected chi connectivity index (χ4v) is 1.75. The van der Waals surface area contributed by atoms with Crippen LogP contribution in [0.4, 0.5) is 11.5 Å². The molecule has 0 bridgehead atoms. The molecule has 4 nitrogen and oxygen atoms in total. The first kappa shape index (κ1) is 12.8. The largest absolute Gasteiger partial charge is 0.330 e. The van der Waals surface area contributed by atoms with E-state index in [-0.39, 0.29) is 0 Å². The van der Waals surface area contributed by atoms with Crippen LogP contribution in [0.5, 0.6) is 0 Å². The maximum Gasteiger partial charge on any atom is 0.136 e. The van der Waals surface area contributed by atoms with Crippen LogP contribution in [0.1, 0.15) is 5.82 Å². The molecule has 0 fully saturated rings. The highest BCUT2D eigenvalue weighted by atomic mass is 35.5. The molecule has 1 heterocycles. The minimum Gasteiger partial charge on any atom is -0.330 e. The molecule has 0 aliphatic carbocycles. The lowest BCUT2D eigenvalue weighted by molar-refractivity contribution is 0.862. The van der Waals surface area contributed by atoms with E-state index in [1.807, 2.05) is 42.3 Å². The zero-order valence-electron chi connectivity index (χ0n) is 10.2. The van der Waals surface area contributed by atoms with E-state index in [4.69, 9.17) is 17.3 Å². The smallest absolute Gasteiger partial charge is 0.136 e. The van der Waals surface area contributed by atoms with Crippen LogP contribution < -0.4 is 10.6 Å². The number of hydrogen-bond donors (Lipinski definition) is 1. The number of aromatic nitrogens is 2. The summed E-state index contributed by atoms with van der Waals surface area (Å²) in [6, 6.07) is 9.49. The summed E-state index contributed by atoms with van der Waals surface area (Å²) in [7, 11) is 1.96. The summed E-state index contributed by atoms with van der Waals surface area (Å²) in [5, 5.41) is 0.721. The molecule has 0 radical (unpaired) electrons. The lowest BCUT2D eigenvalue weighted by atomic mass is 10.3. The van der Waals surface area contributed by atoms with E-state index < -0.39 is 0 Å². The SMILES string of the molecule is CN(c1ccc(Cl)cc1)c1ccnc(CCN)n1. The molecular formula is C13H15ClN4. The Morgan fingerprint density at radius 3 is 2.61 bits per heavy atom. The van der Waals surface area contributed by atoms with Crippen molar-refractivity contribution in [3.05, 3.63) is 47.4 Å². The monoisotopic (exact) mass is 262 g/mol. The van der Waals surface area contributed by atoms with Gasteiger partial charge < -0.3 is 10.6 Å². The number of halogens is 1. The molecule has 2 aromatic rings. The average Bonchev–Trinajstić information content (AvgIpc) is 2.39. The van der Waals surface area contributed by atoms with E-state index in [0.717, 1.165) is 22.4 Å². The summed E-state index contributed by atoms with van der Waals surface area (Å²) in [6.07, 6.45) is 2.43. The summed E-state index contributed by atoms with van der Waals surface area (Å²) < 4.78 is 0. The summed E-state index contributed by atoms with van der Waals surface area (Å²) in [4.78, 5) is 10.6. The van der Waals surface area contributed by atoms with Crippen molar-refractivity contribution in [2.75, 3.05) is 18.5 Å². The Bertz CT molecular complexity index is 513. The number of nitrogens with zero attached hydrogens (tertiary/aromatic N) is 3. The Labute approximate surface area is 111 Å². The lowest BCUT2D eigenvalue weighted by Gasteiger charge is -2.18. The molecule has 2 rings (SSSR count). The van der Waals surface area contributed by atoms with Crippen LogP contribution in [0.3, 0.4) is 0 Å². The third kappa shape index (κ3) is 2.97. The van der Waals surface area contributed by atoms with Crippen molar-refractivity contribution in [2.24, 2.45) is 5.73 Å². The van der Waals surface area contributed by atoms with Gasteiger partial charge in [0.25, 0.3) is 0 Å². The lowest BCUT2D eigenvalue weighted by Crippen LogP contribution is -2.13. The normalized spacial score (nSPS) is 10.4. The van der Waals surface area contributed by atoms with E-state index in [9.17, 15) is 0 Å². The molecule has 0 amide bonds. The molecule has 0 spiro atoms. The maximum absolute atomic E-state index is 5.87. The molecule has 1 aromatic heterocycles. The molecule has 18 heavy (non-hydrogen) atoms. The highest BCUT2D eigenvalue weighted by Gasteiger charge is 2.06. The first-order valence-electron chi connectivity index (χ1n) is 5.72. The predicted octanol–water partition coefficient (Wildman–Crippen LogP) is 2.40. The predicted molar refractivity (Wildman–Crippen MR) is 74.3 cm³/mol. The Hall–Kier alpha value is -1.65. The van der Waals surface area contributed by atoms with Gasteiger partial charge in [-0.15, -0.1) is 0 Å². The average molecular weight is 263 g/mol. The van der Waals surface area contributed by atoms with Crippen molar-refractivity contribution >= 4 is 23.1 Å². The van der Waals surface area contributed by atoms with Crippen molar-refractivity contribution in [3.8, 4) is 0 Å². The number of rotatable bonds is 4. The number of nitrogens with two attached hydrogens (primary N) is 1. The molecule has 0 saturated heterocycles. The molecule has 0 atom stereocenters. The van der Waals surface area contributed by atoms with Gasteiger partial charge in [0.15, 0.2) is 0 Å². The van der Waals surface area contributed by atoms with Crippen LogP contribution in [-0.2, 0) is 6.42 Å². The third-order valence-electron chi connectivity index (χ3n) is 2.62. The Morgan fingerprint density at radius 1 is 1.22 bits per heavy atom. The zero-order valence-corrected chi connectivity index (χ0v) is 10.9. The number of benzene rings is 1. The van der Waals surface area contributed by atoms with Gasteiger partial charge >= 0.3 is 0 Å². The Morgan fingerprint density at radius 2 is 1.94 bits per heavy atom. The minimum absolute atomic E-state index is 0.550. The van der Waals surface area contributed by atoms with Crippen LogP contribution in [0.2, 0.25) is 5.02 Å². The second kappa shape index (κ2) is 5.80. The molecule has 1 aromatic carbocycles. The second-order valence-corrected chi connectivity index (χ2v) is 4.34. The van der Waals surface area contributed by atoms with E-state index >= 15 is 0 Å². The Kier molecular flexibility index (Phi) is 4.12. The minimum atomic E-state index is 0.550. The zero-order chi connectivity index (χ0) is 13.0. The van der Waals surface area contributed by atoms with E-state index in [1.54, 1.807) is 6.20 Å². The molecule has 0 unspecified atom stereocenters. The van der Waals surface area contributed by atoms with Crippen molar-refractivity contribution in [2.45, 2.75) is 6.42 Å². The van der Waals surface area contributed by atoms with Crippen LogP contribution in [0.15, 0.2) is 36.5 Å². The van der Waals surface area contributed by atoms with E-state index in [2.05, 4.69) is 9.97 Å². The standard InChI is InChI=1S/C13H15ClN4/c1-18(11-4-2-10(14)3-5-11)13-7-9-16-12(17-13)6-8-15/h2-5,7,9H,6,8,15H2,1H3. The van der Waals surface area contributed by atoms with Crippen LogP contribution in [-0.4, -0.2) is 23.6 Å². The van der Waals surface area contributed by atoms with Crippen molar-refractivity contribution < 1.29 is 0 Å². The summed E-state index contributed by atoms with van der Waals surface area (Å²) in [5.41, 5.74) is 6.53. The number of hydrogen-bond acceptors (Lipinski definition) is 4. The molecule has 2 N–H and O–H groups in total. The van der Waals surface area contributed by atoms with Gasteiger partial charge in [-0.25, -0.2) is 9.97 Å². The molecule has 94 valence electrons. The number of anilines is 2. The second-order valence-electron chi connectivity index (χ2n) is 3.91. The summed E-state index contributed by atoms with van der Waals surface area (Å²) in [5.74, 6) is 1.60. The highest BCUT2D eigenvalue weighted by molar-refractivity contribution is 6.30. The fraction of sp³-hybridized carbons (Fsp3) is 0.231. The van der Waals surface area contributed by atoms with Gasteiger partial charge in [0.2, 0.25) is 0 Å². The topological polar surface area (TPSA) is 55.0 Å². The van der Waals surface area contributed by atoms with Crippen molar-refractivity contribution in [1.82, 2.24) is 9.97 Å². The highest BCUT2D eigenvalue weighted by Crippen LogP contribution is 2.22. The molecule has 0 saturated carbocycles. The summed E-state index contributed by atoms with van der Waals surface area (Å²) >= 11 is 5.87. The van der Waals surface area contributed by atoms with Gasteiger partial charge in [0, 0.05) is 30.4 Å². The van der Waals surface area contributed by atoms with Crippen LogP contribution in [0.25, 0.3) is 0 Å². The molecule has 0 aliphatic heterocycles. The quantitative estimate of drug-likeness (QED) is 0.919. The van der Waals surface area contributed by atoms with E-state index in [0.29, 0.717) is 13.0 Å². The van der Waals surface area contributed by atoms with Crippen LogP contribution in [0, 0.1) is 0 Å². The van der Waals surface area contributed by atoms with Gasteiger partial charge in [0.05, 0.1) is 0 Å². The molecule has 5 heteroatoms. The van der Waals surface area contributed by atoms with Gasteiger partial charge in [-0.3, -0.25) is 0 Å². The Balaban J connectivity index is 2.24. The van der Waals surface area contributed by atoms with Crippen molar-refractivity contribution in [1.29, 1.82) is 0 Å². The maximum atomic E-state index is 5.87. The first-order valence-corrected chi connectivity index (χ1v) is 6.10. The van der Waals surface area contributed by atoms with Crippen LogP contribution >= 0.6 is 11.6 Å². The van der Waals surface area contributed by atoms with Gasteiger partial charge in [-0.1, -0.05) is 11.6 Å². The van der Waals surface area contributed by atoms with Gasteiger partial charge in [-0.2, -0.15) is 0 Å². The van der Waals surface area contributed by atoms with Gasteiger partial charge in [-0.05, 0) is 36.9 Å². The molecular weight excluding hydrogens is 248 g/mol.